The maximum atomic E-state index is 12.2. The molecule has 0 atom stereocenters. The molecule has 0 aromatic heterocycles. The maximum Gasteiger partial charge on any atom is 0.185 e. The van der Waals surface area contributed by atoms with Crippen LogP contribution in [0.3, 0.4) is 0 Å². The number of phenolic OH excluding ortho intramolecular Hbond substituents is 1. The number of ether oxygens (including phenoxy) is 1. The van der Waals surface area contributed by atoms with Crippen LogP contribution >= 0.6 is 0 Å². The molecule has 0 radical (unpaired) electrons. The molecule has 4 nitrogen and oxygen atoms in total. The summed E-state index contributed by atoms with van der Waals surface area (Å²) in [6, 6.07) is 11.6. The molecule has 0 aliphatic carbocycles. The van der Waals surface area contributed by atoms with Gasteiger partial charge in [-0.05, 0) is 42.0 Å². The summed E-state index contributed by atoms with van der Waals surface area (Å²) in [6.07, 6.45) is 3.40. The third kappa shape index (κ3) is 4.07. The van der Waals surface area contributed by atoms with Gasteiger partial charge in [-0.3, -0.25) is 9.59 Å². The van der Waals surface area contributed by atoms with Crippen molar-refractivity contribution in [3.63, 3.8) is 0 Å². The lowest BCUT2D eigenvalue weighted by Crippen LogP contribution is -2.01. The van der Waals surface area contributed by atoms with E-state index in [1.165, 1.54) is 24.3 Å². The SMILES string of the molecule is CCC(=O)c1cc(C(=O)/C=C/c2ccc(OC)cc2)ccc1O. The Kier molecular flexibility index (Phi) is 5.31. The molecule has 0 saturated heterocycles. The number of phenols is 1. The Morgan fingerprint density at radius 1 is 1.13 bits per heavy atom. The van der Waals surface area contributed by atoms with Gasteiger partial charge in [-0.1, -0.05) is 25.1 Å². The Morgan fingerprint density at radius 3 is 2.43 bits per heavy atom. The van der Waals surface area contributed by atoms with Gasteiger partial charge in [0, 0.05) is 12.0 Å². The van der Waals surface area contributed by atoms with Crippen molar-refractivity contribution >= 4 is 17.6 Å². The molecule has 2 aromatic rings. The molecule has 118 valence electrons. The topological polar surface area (TPSA) is 63.6 Å². The van der Waals surface area contributed by atoms with Gasteiger partial charge in [-0.25, -0.2) is 0 Å². The zero-order valence-electron chi connectivity index (χ0n) is 13.1. The molecule has 1 N–H and O–H groups in total. The summed E-state index contributed by atoms with van der Waals surface area (Å²) in [5.74, 6) is 0.213. The normalized spacial score (nSPS) is 10.7. The highest BCUT2D eigenvalue weighted by Gasteiger charge is 2.12. The average Bonchev–Trinajstić information content (AvgIpc) is 2.59. The van der Waals surface area contributed by atoms with Crippen LogP contribution in [0.15, 0.2) is 48.5 Å². The largest absolute Gasteiger partial charge is 0.507 e. The fourth-order valence-corrected chi connectivity index (χ4v) is 2.09. The van der Waals surface area contributed by atoms with E-state index in [-0.39, 0.29) is 29.3 Å². The Balaban J connectivity index is 2.19. The second-order valence-corrected chi connectivity index (χ2v) is 4.98. The number of Topliss-reactive ketones (excluding diaryl/α,β-unsaturated/α-hetero) is 1. The van der Waals surface area contributed by atoms with Gasteiger partial charge in [0.25, 0.3) is 0 Å². The van der Waals surface area contributed by atoms with Crippen molar-refractivity contribution < 1.29 is 19.4 Å². The molecule has 0 fully saturated rings. The van der Waals surface area contributed by atoms with E-state index < -0.39 is 0 Å². The van der Waals surface area contributed by atoms with E-state index in [4.69, 9.17) is 4.74 Å². The predicted octanol–water partition coefficient (Wildman–Crippen LogP) is 3.89. The van der Waals surface area contributed by atoms with Crippen LogP contribution in [0.4, 0.5) is 0 Å². The lowest BCUT2D eigenvalue weighted by atomic mass is 10.0. The fraction of sp³-hybridized carbons (Fsp3) is 0.158. The van der Waals surface area contributed by atoms with Gasteiger partial charge in [0.15, 0.2) is 11.6 Å². The van der Waals surface area contributed by atoms with Gasteiger partial charge in [0.05, 0.1) is 12.7 Å². The fourth-order valence-electron chi connectivity index (χ4n) is 2.09. The van der Waals surface area contributed by atoms with E-state index in [1.807, 2.05) is 24.3 Å². The van der Waals surface area contributed by atoms with E-state index in [2.05, 4.69) is 0 Å². The summed E-state index contributed by atoms with van der Waals surface area (Å²) in [7, 11) is 1.59. The number of rotatable bonds is 6. The van der Waals surface area contributed by atoms with Crippen molar-refractivity contribution in [2.24, 2.45) is 0 Å². The molecule has 0 aliphatic heterocycles. The Hall–Kier alpha value is -2.88. The molecule has 0 unspecified atom stereocenters. The van der Waals surface area contributed by atoms with Crippen LogP contribution in [0.1, 0.15) is 39.6 Å². The van der Waals surface area contributed by atoms with E-state index in [9.17, 15) is 14.7 Å². The van der Waals surface area contributed by atoms with Crippen LogP contribution < -0.4 is 4.74 Å². The molecule has 0 amide bonds. The average molecular weight is 310 g/mol. The number of hydrogen-bond acceptors (Lipinski definition) is 4. The van der Waals surface area contributed by atoms with E-state index in [0.29, 0.717) is 5.56 Å². The molecule has 0 aliphatic rings. The smallest absolute Gasteiger partial charge is 0.185 e. The first kappa shape index (κ1) is 16.5. The zero-order valence-corrected chi connectivity index (χ0v) is 13.1. The van der Waals surface area contributed by atoms with Gasteiger partial charge in [-0.15, -0.1) is 0 Å². The molecule has 0 heterocycles. The van der Waals surface area contributed by atoms with Gasteiger partial charge >= 0.3 is 0 Å². The molecule has 0 spiro atoms. The van der Waals surface area contributed by atoms with Crippen molar-refractivity contribution in [2.45, 2.75) is 13.3 Å². The third-order valence-corrected chi connectivity index (χ3v) is 3.45. The Morgan fingerprint density at radius 2 is 1.83 bits per heavy atom. The van der Waals surface area contributed by atoms with Crippen LogP contribution in [-0.2, 0) is 0 Å². The molecular weight excluding hydrogens is 292 g/mol. The lowest BCUT2D eigenvalue weighted by Gasteiger charge is -2.04. The first-order valence-corrected chi connectivity index (χ1v) is 7.27. The Bertz CT molecular complexity index is 742. The van der Waals surface area contributed by atoms with Gasteiger partial charge in [0.1, 0.15) is 11.5 Å². The van der Waals surface area contributed by atoms with Gasteiger partial charge in [0.2, 0.25) is 0 Å². The highest BCUT2D eigenvalue weighted by molar-refractivity contribution is 6.09. The monoisotopic (exact) mass is 310 g/mol. The van der Waals surface area contributed by atoms with Crippen LogP contribution in [0.25, 0.3) is 6.08 Å². The molecule has 2 aromatic carbocycles. The standard InChI is InChI=1S/C19H18O4/c1-3-17(20)16-12-14(7-11-19(16)22)18(21)10-6-13-4-8-15(23-2)9-5-13/h4-12,22H,3H2,1-2H3/b10-6+. The molecule has 4 heteroatoms. The van der Waals surface area contributed by atoms with Crippen molar-refractivity contribution in [3.05, 3.63) is 65.2 Å². The van der Waals surface area contributed by atoms with Gasteiger partial charge in [-0.2, -0.15) is 0 Å². The first-order chi connectivity index (χ1) is 11.0. The molecule has 23 heavy (non-hydrogen) atoms. The van der Waals surface area contributed by atoms with Crippen molar-refractivity contribution in [1.29, 1.82) is 0 Å². The predicted molar refractivity (Wildman–Crippen MR) is 89.1 cm³/mol. The summed E-state index contributed by atoms with van der Waals surface area (Å²) in [5.41, 5.74) is 1.41. The summed E-state index contributed by atoms with van der Waals surface area (Å²) in [5, 5.41) is 9.71. The number of hydrogen-bond donors (Lipinski definition) is 1. The lowest BCUT2D eigenvalue weighted by molar-refractivity contribution is 0.0985. The van der Waals surface area contributed by atoms with Crippen LogP contribution in [-0.4, -0.2) is 23.8 Å². The number of aromatic hydroxyl groups is 1. The third-order valence-electron chi connectivity index (χ3n) is 3.45. The number of allylic oxidation sites excluding steroid dienone is 1. The highest BCUT2D eigenvalue weighted by atomic mass is 16.5. The number of ketones is 2. The Labute approximate surface area is 135 Å². The van der Waals surface area contributed by atoms with Crippen molar-refractivity contribution in [2.75, 3.05) is 7.11 Å². The quantitative estimate of drug-likeness (QED) is 0.649. The van der Waals surface area contributed by atoms with Crippen LogP contribution in [0.5, 0.6) is 11.5 Å². The highest BCUT2D eigenvalue weighted by Crippen LogP contribution is 2.21. The number of carbonyl (C=O) groups is 2. The van der Waals surface area contributed by atoms with E-state index >= 15 is 0 Å². The van der Waals surface area contributed by atoms with Crippen LogP contribution in [0.2, 0.25) is 0 Å². The number of carbonyl (C=O) groups excluding carboxylic acids is 2. The van der Waals surface area contributed by atoms with Crippen molar-refractivity contribution in [3.8, 4) is 11.5 Å². The van der Waals surface area contributed by atoms with Crippen LogP contribution in [0, 0.1) is 0 Å². The molecular formula is C19H18O4. The number of methoxy groups -OCH3 is 1. The summed E-state index contributed by atoms with van der Waals surface area (Å²) >= 11 is 0. The minimum Gasteiger partial charge on any atom is -0.507 e. The first-order valence-electron chi connectivity index (χ1n) is 7.27. The van der Waals surface area contributed by atoms with E-state index in [1.54, 1.807) is 20.1 Å². The second kappa shape index (κ2) is 7.40. The maximum absolute atomic E-state index is 12.2. The minimum atomic E-state index is -0.231. The van der Waals surface area contributed by atoms with Crippen molar-refractivity contribution in [1.82, 2.24) is 0 Å². The molecule has 2 rings (SSSR count). The molecule has 0 bridgehead atoms. The summed E-state index contributed by atoms with van der Waals surface area (Å²) < 4.78 is 5.07. The summed E-state index contributed by atoms with van der Waals surface area (Å²) in [6.45, 7) is 1.71. The van der Waals surface area contributed by atoms with E-state index in [0.717, 1.165) is 11.3 Å². The number of benzene rings is 2. The minimum absolute atomic E-state index is 0.104. The molecule has 0 saturated carbocycles. The second-order valence-electron chi connectivity index (χ2n) is 4.98. The zero-order chi connectivity index (χ0) is 16.8. The van der Waals surface area contributed by atoms with Gasteiger partial charge < -0.3 is 9.84 Å². The summed E-state index contributed by atoms with van der Waals surface area (Å²) in [4.78, 5) is 24.0.